The Morgan fingerprint density at radius 1 is 1.53 bits per heavy atom. The predicted molar refractivity (Wildman–Crippen MR) is 71.4 cm³/mol. The molecular weight excluding hydrogens is 245 g/mol. The van der Waals surface area contributed by atoms with Gasteiger partial charge in [-0.2, -0.15) is 0 Å². The maximum absolute atomic E-state index is 13.3. The molecule has 0 saturated heterocycles. The van der Waals surface area contributed by atoms with Crippen LogP contribution in [0.1, 0.15) is 44.2 Å². The molecule has 1 fully saturated rings. The van der Waals surface area contributed by atoms with Gasteiger partial charge in [-0.3, -0.25) is 9.69 Å². The van der Waals surface area contributed by atoms with E-state index in [-0.39, 0.29) is 18.3 Å². The molecule has 1 aromatic carbocycles. The molecule has 1 unspecified atom stereocenters. The first-order chi connectivity index (χ1) is 9.11. The number of nitrogens with zero attached hydrogens (tertiary/aromatic N) is 1. The van der Waals surface area contributed by atoms with E-state index < -0.39 is 5.97 Å². The van der Waals surface area contributed by atoms with E-state index >= 15 is 0 Å². The number of carboxylic acids is 1. The molecule has 0 amide bonds. The standard InChI is InChI=1S/C15H20FNO2/c1-2-14(11-4-3-5-12(16)10-11)17(13-6-7-13)9-8-15(18)19/h3-5,10,13-14H,2,6-9H2,1H3,(H,18,19). The van der Waals surface area contributed by atoms with Crippen molar-refractivity contribution in [2.75, 3.05) is 6.54 Å². The van der Waals surface area contributed by atoms with E-state index in [1.165, 1.54) is 6.07 Å². The number of benzene rings is 1. The van der Waals surface area contributed by atoms with Crippen LogP contribution in [0, 0.1) is 5.82 Å². The topological polar surface area (TPSA) is 40.5 Å². The number of aliphatic carboxylic acids is 1. The summed E-state index contributed by atoms with van der Waals surface area (Å²) in [6.45, 7) is 2.60. The number of hydrogen-bond donors (Lipinski definition) is 1. The molecule has 1 aliphatic rings. The molecule has 2 rings (SSSR count). The third kappa shape index (κ3) is 3.77. The van der Waals surface area contributed by atoms with Crippen LogP contribution in [-0.2, 0) is 4.79 Å². The van der Waals surface area contributed by atoms with Crippen molar-refractivity contribution in [1.82, 2.24) is 4.90 Å². The molecule has 104 valence electrons. The van der Waals surface area contributed by atoms with Gasteiger partial charge in [0.1, 0.15) is 5.82 Å². The minimum atomic E-state index is -0.778. The second-order valence-corrected chi connectivity index (χ2v) is 5.09. The van der Waals surface area contributed by atoms with Gasteiger partial charge in [-0.25, -0.2) is 4.39 Å². The summed E-state index contributed by atoms with van der Waals surface area (Å²) in [6.07, 6.45) is 3.23. The van der Waals surface area contributed by atoms with Crippen LogP contribution in [0.2, 0.25) is 0 Å². The van der Waals surface area contributed by atoms with Gasteiger partial charge < -0.3 is 5.11 Å². The average Bonchev–Trinajstić information content (AvgIpc) is 3.18. The number of halogens is 1. The van der Waals surface area contributed by atoms with Crippen molar-refractivity contribution >= 4 is 5.97 Å². The third-order valence-corrected chi connectivity index (χ3v) is 3.62. The summed E-state index contributed by atoms with van der Waals surface area (Å²) >= 11 is 0. The number of carbonyl (C=O) groups is 1. The lowest BCUT2D eigenvalue weighted by molar-refractivity contribution is -0.137. The highest BCUT2D eigenvalue weighted by molar-refractivity contribution is 5.66. The van der Waals surface area contributed by atoms with Gasteiger partial charge in [0, 0.05) is 18.6 Å². The van der Waals surface area contributed by atoms with Crippen molar-refractivity contribution in [1.29, 1.82) is 0 Å². The summed E-state index contributed by atoms with van der Waals surface area (Å²) in [5, 5.41) is 8.85. The van der Waals surface area contributed by atoms with Gasteiger partial charge in [-0.1, -0.05) is 19.1 Å². The molecule has 1 aromatic rings. The third-order valence-electron chi connectivity index (χ3n) is 3.62. The first-order valence-electron chi connectivity index (χ1n) is 6.84. The maximum atomic E-state index is 13.3. The van der Waals surface area contributed by atoms with Crippen molar-refractivity contribution in [3.63, 3.8) is 0 Å². The van der Waals surface area contributed by atoms with Crippen LogP contribution in [-0.4, -0.2) is 28.6 Å². The van der Waals surface area contributed by atoms with Crippen LogP contribution in [0.5, 0.6) is 0 Å². The lowest BCUT2D eigenvalue weighted by atomic mass is 10.0. The van der Waals surface area contributed by atoms with Crippen LogP contribution in [0.4, 0.5) is 4.39 Å². The van der Waals surface area contributed by atoms with E-state index in [0.29, 0.717) is 12.6 Å². The summed E-state index contributed by atoms with van der Waals surface area (Å²) < 4.78 is 13.3. The minimum absolute atomic E-state index is 0.113. The summed E-state index contributed by atoms with van der Waals surface area (Å²) in [7, 11) is 0. The van der Waals surface area contributed by atoms with Gasteiger partial charge in [0.05, 0.1) is 6.42 Å². The molecule has 19 heavy (non-hydrogen) atoms. The highest BCUT2D eigenvalue weighted by Gasteiger charge is 2.34. The molecule has 3 nitrogen and oxygen atoms in total. The molecule has 1 saturated carbocycles. The number of carboxylic acid groups (broad SMARTS) is 1. The Kier molecular flexibility index (Phi) is 4.53. The molecule has 0 heterocycles. The van der Waals surface area contributed by atoms with Crippen molar-refractivity contribution in [2.45, 2.75) is 44.7 Å². The zero-order valence-corrected chi connectivity index (χ0v) is 11.2. The van der Waals surface area contributed by atoms with Crippen LogP contribution in [0.25, 0.3) is 0 Å². The van der Waals surface area contributed by atoms with E-state index in [1.54, 1.807) is 12.1 Å². The molecular formula is C15H20FNO2. The van der Waals surface area contributed by atoms with Gasteiger partial charge >= 0.3 is 5.97 Å². The van der Waals surface area contributed by atoms with E-state index in [2.05, 4.69) is 11.8 Å². The molecule has 0 radical (unpaired) electrons. The van der Waals surface area contributed by atoms with E-state index in [9.17, 15) is 9.18 Å². The Bertz CT molecular complexity index is 446. The summed E-state index contributed by atoms with van der Waals surface area (Å²) in [5.74, 6) is -1.01. The second kappa shape index (κ2) is 6.15. The first kappa shape index (κ1) is 14.0. The quantitative estimate of drug-likeness (QED) is 0.823. The molecule has 1 atom stereocenters. The molecule has 0 aromatic heterocycles. The van der Waals surface area contributed by atoms with Crippen LogP contribution >= 0.6 is 0 Å². The number of hydrogen-bond acceptors (Lipinski definition) is 2. The Labute approximate surface area is 113 Å². The Morgan fingerprint density at radius 3 is 2.79 bits per heavy atom. The Hall–Kier alpha value is -1.42. The fourth-order valence-electron chi connectivity index (χ4n) is 2.60. The smallest absolute Gasteiger partial charge is 0.304 e. The van der Waals surface area contributed by atoms with E-state index in [4.69, 9.17) is 5.11 Å². The number of rotatable bonds is 7. The Balaban J connectivity index is 2.14. The van der Waals surface area contributed by atoms with E-state index in [0.717, 1.165) is 24.8 Å². The van der Waals surface area contributed by atoms with Gasteiger partial charge in [-0.15, -0.1) is 0 Å². The normalized spacial score (nSPS) is 16.6. The average molecular weight is 265 g/mol. The lowest BCUT2D eigenvalue weighted by Gasteiger charge is -2.31. The van der Waals surface area contributed by atoms with Crippen molar-refractivity contribution in [3.05, 3.63) is 35.6 Å². The highest BCUT2D eigenvalue weighted by atomic mass is 19.1. The predicted octanol–water partition coefficient (Wildman–Crippen LogP) is 3.22. The SMILES string of the molecule is CCC(c1cccc(F)c1)N(CCC(=O)O)C1CC1. The summed E-state index contributed by atoms with van der Waals surface area (Å²) in [5.41, 5.74) is 0.944. The van der Waals surface area contributed by atoms with Crippen molar-refractivity contribution in [3.8, 4) is 0 Å². The monoisotopic (exact) mass is 265 g/mol. The Morgan fingerprint density at radius 2 is 2.26 bits per heavy atom. The van der Waals surface area contributed by atoms with Crippen LogP contribution in [0.3, 0.4) is 0 Å². The second-order valence-electron chi connectivity index (χ2n) is 5.09. The fraction of sp³-hybridized carbons (Fsp3) is 0.533. The zero-order chi connectivity index (χ0) is 13.8. The van der Waals surface area contributed by atoms with Crippen molar-refractivity contribution < 1.29 is 14.3 Å². The first-order valence-corrected chi connectivity index (χ1v) is 6.84. The molecule has 4 heteroatoms. The van der Waals surface area contributed by atoms with Gasteiger partial charge in [0.25, 0.3) is 0 Å². The van der Waals surface area contributed by atoms with Gasteiger partial charge in [-0.05, 0) is 37.0 Å². The van der Waals surface area contributed by atoms with E-state index in [1.807, 2.05) is 6.07 Å². The largest absolute Gasteiger partial charge is 0.481 e. The van der Waals surface area contributed by atoms with Gasteiger partial charge in [0.2, 0.25) is 0 Å². The molecule has 0 spiro atoms. The molecule has 0 aliphatic heterocycles. The summed E-state index contributed by atoms with van der Waals surface area (Å²) in [4.78, 5) is 13.0. The fourth-order valence-corrected chi connectivity index (χ4v) is 2.60. The zero-order valence-electron chi connectivity index (χ0n) is 11.2. The van der Waals surface area contributed by atoms with Crippen LogP contribution in [0.15, 0.2) is 24.3 Å². The molecule has 1 N–H and O–H groups in total. The molecule has 0 bridgehead atoms. The summed E-state index contributed by atoms with van der Waals surface area (Å²) in [6, 6.07) is 7.22. The minimum Gasteiger partial charge on any atom is -0.481 e. The van der Waals surface area contributed by atoms with Crippen molar-refractivity contribution in [2.24, 2.45) is 0 Å². The van der Waals surface area contributed by atoms with Gasteiger partial charge in [0.15, 0.2) is 0 Å². The molecule has 1 aliphatic carbocycles. The highest BCUT2D eigenvalue weighted by Crippen LogP contribution is 2.36. The van der Waals surface area contributed by atoms with Crippen LogP contribution < -0.4 is 0 Å². The lowest BCUT2D eigenvalue weighted by Crippen LogP contribution is -2.32. The maximum Gasteiger partial charge on any atom is 0.304 e.